The molecular weight excluding hydrogens is 278 g/mol. The van der Waals surface area contributed by atoms with E-state index >= 15 is 0 Å². The number of fused-ring (bicyclic) bond motifs is 1. The molecule has 0 aliphatic carbocycles. The molecule has 2 heterocycles. The maximum absolute atomic E-state index is 12.6. The van der Waals surface area contributed by atoms with Crippen molar-refractivity contribution in [2.45, 2.75) is 4.90 Å². The fourth-order valence-corrected chi connectivity index (χ4v) is 3.67. The molecule has 3 rings (SSSR count). The Hall–Kier alpha value is -2.28. The van der Waals surface area contributed by atoms with Crippen LogP contribution in [-0.4, -0.2) is 25.4 Å². The van der Waals surface area contributed by atoms with E-state index in [4.69, 9.17) is 0 Å². The second-order valence-electron chi connectivity index (χ2n) is 4.59. The molecule has 0 unspecified atom stereocenters. The summed E-state index contributed by atoms with van der Waals surface area (Å²) in [6.45, 7) is -0.214. The highest BCUT2D eigenvalue weighted by molar-refractivity contribution is 7.92. The van der Waals surface area contributed by atoms with E-state index in [9.17, 15) is 13.2 Å². The van der Waals surface area contributed by atoms with Gasteiger partial charge in [0.05, 0.1) is 11.4 Å². The van der Waals surface area contributed by atoms with Crippen LogP contribution in [0.3, 0.4) is 0 Å². The largest absolute Gasteiger partial charge is 0.356 e. The fourth-order valence-electron chi connectivity index (χ4n) is 2.17. The number of amides is 1. The standard InChI is InChI=1S/C13H13N3O3S/c1-15-7-6-10(8-15)20(18,19)16-9-13(17)14-11-4-2-3-5-12(11)16/h2-8H,9H2,1H3,(H,14,17). The Morgan fingerprint density at radius 3 is 2.65 bits per heavy atom. The smallest absolute Gasteiger partial charge is 0.266 e. The first-order valence-corrected chi connectivity index (χ1v) is 7.46. The van der Waals surface area contributed by atoms with E-state index in [2.05, 4.69) is 5.32 Å². The van der Waals surface area contributed by atoms with Crippen LogP contribution < -0.4 is 9.62 Å². The van der Waals surface area contributed by atoms with Crippen LogP contribution in [0.5, 0.6) is 0 Å². The number of benzene rings is 1. The van der Waals surface area contributed by atoms with Crippen LogP contribution in [0.1, 0.15) is 0 Å². The molecule has 2 aromatic rings. The minimum absolute atomic E-state index is 0.171. The molecule has 0 bridgehead atoms. The highest BCUT2D eigenvalue weighted by Crippen LogP contribution is 2.33. The lowest BCUT2D eigenvalue weighted by molar-refractivity contribution is -0.115. The summed E-state index contributed by atoms with van der Waals surface area (Å²) in [6, 6.07) is 8.36. The van der Waals surface area contributed by atoms with Crippen molar-refractivity contribution < 1.29 is 13.2 Å². The van der Waals surface area contributed by atoms with Gasteiger partial charge in [0.1, 0.15) is 11.4 Å². The van der Waals surface area contributed by atoms with Gasteiger partial charge in [-0.3, -0.25) is 9.10 Å². The van der Waals surface area contributed by atoms with E-state index in [0.29, 0.717) is 11.4 Å². The molecule has 7 heteroatoms. The number of para-hydroxylation sites is 2. The first-order chi connectivity index (χ1) is 9.48. The number of anilines is 2. The topological polar surface area (TPSA) is 71.4 Å². The van der Waals surface area contributed by atoms with E-state index in [1.165, 1.54) is 12.3 Å². The van der Waals surface area contributed by atoms with Gasteiger partial charge in [-0.2, -0.15) is 0 Å². The average molecular weight is 291 g/mol. The normalized spacial score (nSPS) is 14.8. The summed E-state index contributed by atoms with van der Waals surface area (Å²) in [4.78, 5) is 11.9. The third kappa shape index (κ3) is 1.96. The van der Waals surface area contributed by atoms with Crippen molar-refractivity contribution in [2.75, 3.05) is 16.2 Å². The highest BCUT2D eigenvalue weighted by atomic mass is 32.2. The summed E-state index contributed by atoms with van der Waals surface area (Å²) in [7, 11) is -1.99. The minimum Gasteiger partial charge on any atom is -0.356 e. The SMILES string of the molecule is Cn1ccc(S(=O)(=O)N2CC(=O)Nc3ccccc32)c1. The maximum atomic E-state index is 12.6. The van der Waals surface area contributed by atoms with E-state index in [1.54, 1.807) is 42.1 Å². The van der Waals surface area contributed by atoms with Gasteiger partial charge in [-0.25, -0.2) is 8.42 Å². The van der Waals surface area contributed by atoms with E-state index in [-0.39, 0.29) is 17.3 Å². The Morgan fingerprint density at radius 1 is 1.20 bits per heavy atom. The fraction of sp³-hybridized carbons (Fsp3) is 0.154. The molecule has 0 fully saturated rings. The van der Waals surface area contributed by atoms with Gasteiger partial charge in [0.25, 0.3) is 10.0 Å². The first kappa shape index (κ1) is 12.7. The number of aromatic nitrogens is 1. The molecule has 1 aliphatic rings. The van der Waals surface area contributed by atoms with Gasteiger partial charge in [0.15, 0.2) is 0 Å². The number of hydrogen-bond donors (Lipinski definition) is 1. The molecule has 0 atom stereocenters. The van der Waals surface area contributed by atoms with Gasteiger partial charge in [-0.15, -0.1) is 0 Å². The summed E-state index contributed by atoms with van der Waals surface area (Å²) in [5.41, 5.74) is 0.985. The van der Waals surface area contributed by atoms with Crippen molar-refractivity contribution in [1.82, 2.24) is 4.57 Å². The zero-order valence-electron chi connectivity index (χ0n) is 10.8. The Kier molecular flexibility index (Phi) is 2.79. The van der Waals surface area contributed by atoms with Gasteiger partial charge in [-0.1, -0.05) is 12.1 Å². The summed E-state index contributed by atoms with van der Waals surface area (Å²) < 4.78 is 28.1. The maximum Gasteiger partial charge on any atom is 0.266 e. The molecule has 1 aromatic carbocycles. The van der Waals surface area contributed by atoms with Crippen molar-refractivity contribution in [2.24, 2.45) is 7.05 Å². The molecule has 0 saturated heterocycles. The number of nitrogens with zero attached hydrogens (tertiary/aromatic N) is 2. The van der Waals surface area contributed by atoms with Crippen LogP contribution >= 0.6 is 0 Å². The molecule has 104 valence electrons. The lowest BCUT2D eigenvalue weighted by Gasteiger charge is -2.29. The Bertz CT molecular complexity index is 780. The third-order valence-electron chi connectivity index (χ3n) is 3.13. The Morgan fingerprint density at radius 2 is 1.95 bits per heavy atom. The predicted molar refractivity (Wildman–Crippen MR) is 75.0 cm³/mol. The molecule has 1 N–H and O–H groups in total. The van der Waals surface area contributed by atoms with Crippen molar-refractivity contribution in [3.63, 3.8) is 0 Å². The number of rotatable bonds is 2. The van der Waals surface area contributed by atoms with E-state index < -0.39 is 10.0 Å². The second-order valence-corrected chi connectivity index (χ2v) is 6.45. The minimum atomic E-state index is -3.74. The number of carbonyl (C=O) groups excluding carboxylic acids is 1. The van der Waals surface area contributed by atoms with Crippen LogP contribution in [0, 0.1) is 0 Å². The number of hydrogen-bond acceptors (Lipinski definition) is 3. The molecule has 1 aromatic heterocycles. The van der Waals surface area contributed by atoms with Gasteiger partial charge >= 0.3 is 0 Å². The summed E-state index contributed by atoms with van der Waals surface area (Å²) in [6.07, 6.45) is 3.17. The molecule has 20 heavy (non-hydrogen) atoms. The lowest BCUT2D eigenvalue weighted by Crippen LogP contribution is -2.41. The molecular formula is C13H13N3O3S. The predicted octanol–water partition coefficient (Wildman–Crippen LogP) is 1.17. The number of sulfonamides is 1. The number of nitrogens with one attached hydrogen (secondary N) is 1. The number of carbonyl (C=O) groups is 1. The van der Waals surface area contributed by atoms with Gasteiger partial charge in [-0.05, 0) is 18.2 Å². The Balaban J connectivity index is 2.13. The van der Waals surface area contributed by atoms with Crippen LogP contribution in [0.25, 0.3) is 0 Å². The zero-order chi connectivity index (χ0) is 14.3. The van der Waals surface area contributed by atoms with Crippen LogP contribution in [0.15, 0.2) is 47.6 Å². The third-order valence-corrected chi connectivity index (χ3v) is 4.87. The molecule has 1 amide bonds. The molecule has 6 nitrogen and oxygen atoms in total. The average Bonchev–Trinajstić information content (AvgIpc) is 2.85. The van der Waals surface area contributed by atoms with Crippen molar-refractivity contribution in [1.29, 1.82) is 0 Å². The van der Waals surface area contributed by atoms with Gasteiger partial charge in [0.2, 0.25) is 5.91 Å². The van der Waals surface area contributed by atoms with Crippen molar-refractivity contribution in [3.05, 3.63) is 42.7 Å². The van der Waals surface area contributed by atoms with E-state index in [1.807, 2.05) is 0 Å². The van der Waals surface area contributed by atoms with Crippen molar-refractivity contribution in [3.8, 4) is 0 Å². The van der Waals surface area contributed by atoms with Crippen LogP contribution in [0.2, 0.25) is 0 Å². The molecule has 0 saturated carbocycles. The molecule has 1 aliphatic heterocycles. The first-order valence-electron chi connectivity index (χ1n) is 6.02. The summed E-state index contributed by atoms with van der Waals surface area (Å²) in [5, 5.41) is 2.67. The highest BCUT2D eigenvalue weighted by Gasteiger charge is 2.32. The van der Waals surface area contributed by atoms with Gasteiger partial charge in [0, 0.05) is 19.4 Å². The summed E-state index contributed by atoms with van der Waals surface area (Å²) >= 11 is 0. The van der Waals surface area contributed by atoms with E-state index in [0.717, 1.165) is 4.31 Å². The zero-order valence-corrected chi connectivity index (χ0v) is 11.6. The van der Waals surface area contributed by atoms with Crippen LogP contribution in [0.4, 0.5) is 11.4 Å². The quantitative estimate of drug-likeness (QED) is 0.903. The monoisotopic (exact) mass is 291 g/mol. The number of aryl methyl sites for hydroxylation is 1. The second kappa shape index (κ2) is 4.38. The summed E-state index contributed by atoms with van der Waals surface area (Å²) in [5.74, 6) is -0.344. The van der Waals surface area contributed by atoms with Crippen LogP contribution in [-0.2, 0) is 21.9 Å². The van der Waals surface area contributed by atoms with Crippen molar-refractivity contribution >= 4 is 27.3 Å². The molecule has 0 spiro atoms. The molecule has 0 radical (unpaired) electrons. The lowest BCUT2D eigenvalue weighted by atomic mass is 10.2. The van der Waals surface area contributed by atoms with Gasteiger partial charge < -0.3 is 9.88 Å². The Labute approximate surface area is 116 Å².